The lowest BCUT2D eigenvalue weighted by Crippen LogP contribution is -2.21. The molecular formula is C12H13N3O. The summed E-state index contributed by atoms with van der Waals surface area (Å²) in [5, 5.41) is 29.4. The monoisotopic (exact) mass is 215 g/mol. The first-order valence-electron chi connectivity index (χ1n) is 5.05. The van der Waals surface area contributed by atoms with Crippen LogP contribution in [0.25, 0.3) is 0 Å². The second-order valence-electron chi connectivity index (χ2n) is 3.33. The second-order valence-corrected chi connectivity index (χ2v) is 3.33. The van der Waals surface area contributed by atoms with Gasteiger partial charge in [-0.2, -0.15) is 10.5 Å². The van der Waals surface area contributed by atoms with E-state index in [1.807, 2.05) is 6.07 Å². The van der Waals surface area contributed by atoms with Gasteiger partial charge in [-0.05, 0) is 30.7 Å². The van der Waals surface area contributed by atoms with E-state index in [4.69, 9.17) is 15.6 Å². The maximum absolute atomic E-state index is 8.98. The summed E-state index contributed by atoms with van der Waals surface area (Å²) in [6.45, 7) is 0.675. The van der Waals surface area contributed by atoms with E-state index < -0.39 is 6.04 Å². The molecule has 0 amide bonds. The smallest absolute Gasteiger partial charge is 0.121 e. The summed E-state index contributed by atoms with van der Waals surface area (Å²) in [5.74, 6) is 0. The van der Waals surface area contributed by atoms with Gasteiger partial charge in [0.25, 0.3) is 0 Å². The molecule has 2 N–H and O–H groups in total. The maximum atomic E-state index is 8.98. The normalized spacial score (nSPS) is 11.4. The average Bonchev–Trinajstić information content (AvgIpc) is 2.35. The molecule has 4 heteroatoms. The van der Waals surface area contributed by atoms with Crippen molar-refractivity contribution < 1.29 is 5.11 Å². The highest BCUT2D eigenvalue weighted by molar-refractivity contribution is 5.35. The van der Waals surface area contributed by atoms with Gasteiger partial charge in [-0.3, -0.25) is 5.32 Å². The van der Waals surface area contributed by atoms with E-state index in [-0.39, 0.29) is 6.61 Å². The highest BCUT2D eigenvalue weighted by Gasteiger charge is 2.09. The molecule has 0 aliphatic rings. The van der Waals surface area contributed by atoms with Gasteiger partial charge in [0.2, 0.25) is 0 Å². The summed E-state index contributed by atoms with van der Waals surface area (Å²) in [7, 11) is 0. The Morgan fingerprint density at radius 3 is 2.81 bits per heavy atom. The Kier molecular flexibility index (Phi) is 5.01. The van der Waals surface area contributed by atoms with Crippen LogP contribution < -0.4 is 5.32 Å². The van der Waals surface area contributed by atoms with Gasteiger partial charge >= 0.3 is 0 Å². The maximum Gasteiger partial charge on any atom is 0.121 e. The number of nitrogens with one attached hydrogen (secondary N) is 1. The lowest BCUT2D eigenvalue weighted by molar-refractivity contribution is 0.285. The third kappa shape index (κ3) is 3.36. The van der Waals surface area contributed by atoms with E-state index in [1.54, 1.807) is 24.3 Å². The molecule has 0 spiro atoms. The van der Waals surface area contributed by atoms with Gasteiger partial charge in [-0.1, -0.05) is 12.1 Å². The van der Waals surface area contributed by atoms with Gasteiger partial charge in [0.05, 0.1) is 17.7 Å². The second kappa shape index (κ2) is 6.58. The molecule has 0 aliphatic carbocycles. The average molecular weight is 215 g/mol. The zero-order chi connectivity index (χ0) is 11.8. The molecule has 0 fully saturated rings. The Balaban J connectivity index is 2.72. The number of nitrogens with zero attached hydrogens (tertiary/aromatic N) is 2. The number of nitriles is 2. The van der Waals surface area contributed by atoms with E-state index in [0.29, 0.717) is 18.5 Å². The van der Waals surface area contributed by atoms with Crippen LogP contribution in [0.5, 0.6) is 0 Å². The molecule has 4 nitrogen and oxygen atoms in total. The predicted molar refractivity (Wildman–Crippen MR) is 59.2 cm³/mol. The van der Waals surface area contributed by atoms with E-state index in [0.717, 1.165) is 5.56 Å². The first kappa shape index (κ1) is 12.2. The molecule has 16 heavy (non-hydrogen) atoms. The van der Waals surface area contributed by atoms with Crippen LogP contribution in [0.2, 0.25) is 0 Å². The van der Waals surface area contributed by atoms with E-state index >= 15 is 0 Å². The largest absolute Gasteiger partial charge is 0.396 e. The molecule has 0 radical (unpaired) electrons. The van der Waals surface area contributed by atoms with Crippen LogP contribution in [0.1, 0.15) is 23.6 Å². The fourth-order valence-corrected chi connectivity index (χ4v) is 1.35. The van der Waals surface area contributed by atoms with Gasteiger partial charge < -0.3 is 5.11 Å². The molecule has 0 heterocycles. The Hall–Kier alpha value is -1.88. The highest BCUT2D eigenvalue weighted by Crippen LogP contribution is 2.13. The third-order valence-corrected chi connectivity index (χ3v) is 2.16. The quantitative estimate of drug-likeness (QED) is 0.721. The molecule has 0 aliphatic heterocycles. The Morgan fingerprint density at radius 2 is 2.19 bits per heavy atom. The van der Waals surface area contributed by atoms with E-state index in [2.05, 4.69) is 11.4 Å². The first-order valence-corrected chi connectivity index (χ1v) is 5.05. The lowest BCUT2D eigenvalue weighted by atomic mass is 10.1. The number of aliphatic hydroxyl groups is 1. The van der Waals surface area contributed by atoms with Crippen LogP contribution >= 0.6 is 0 Å². The summed E-state index contributed by atoms with van der Waals surface area (Å²) < 4.78 is 0. The Morgan fingerprint density at radius 1 is 1.38 bits per heavy atom. The fourth-order valence-electron chi connectivity index (χ4n) is 1.35. The molecule has 1 unspecified atom stereocenters. The van der Waals surface area contributed by atoms with E-state index in [1.165, 1.54) is 0 Å². The summed E-state index contributed by atoms with van der Waals surface area (Å²) >= 11 is 0. The molecular weight excluding hydrogens is 202 g/mol. The summed E-state index contributed by atoms with van der Waals surface area (Å²) in [4.78, 5) is 0. The molecule has 0 bridgehead atoms. The van der Waals surface area contributed by atoms with Gasteiger partial charge in [0.1, 0.15) is 6.04 Å². The molecule has 1 rings (SSSR count). The molecule has 1 aromatic rings. The van der Waals surface area contributed by atoms with Crippen LogP contribution in [0.4, 0.5) is 0 Å². The van der Waals surface area contributed by atoms with Gasteiger partial charge in [-0.25, -0.2) is 0 Å². The first-order chi connectivity index (χ1) is 7.81. The number of hydrogen-bond acceptors (Lipinski definition) is 4. The van der Waals surface area contributed by atoms with Crippen molar-refractivity contribution in [2.75, 3.05) is 13.2 Å². The number of benzene rings is 1. The summed E-state index contributed by atoms with van der Waals surface area (Å²) in [5.41, 5.74) is 1.32. The van der Waals surface area contributed by atoms with Crippen molar-refractivity contribution in [3.8, 4) is 12.1 Å². The van der Waals surface area contributed by atoms with Crippen LogP contribution in [-0.4, -0.2) is 18.3 Å². The van der Waals surface area contributed by atoms with Crippen molar-refractivity contribution in [2.24, 2.45) is 0 Å². The summed E-state index contributed by atoms with van der Waals surface area (Å²) in [6, 6.07) is 10.7. The topological polar surface area (TPSA) is 79.8 Å². The Labute approximate surface area is 94.8 Å². The van der Waals surface area contributed by atoms with Crippen molar-refractivity contribution in [1.82, 2.24) is 5.32 Å². The van der Waals surface area contributed by atoms with Crippen molar-refractivity contribution >= 4 is 0 Å². The van der Waals surface area contributed by atoms with Gasteiger partial charge in [0, 0.05) is 6.61 Å². The third-order valence-electron chi connectivity index (χ3n) is 2.16. The molecule has 0 saturated heterocycles. The van der Waals surface area contributed by atoms with E-state index in [9.17, 15) is 0 Å². The molecule has 1 aromatic carbocycles. The van der Waals surface area contributed by atoms with Gasteiger partial charge in [0.15, 0.2) is 0 Å². The summed E-state index contributed by atoms with van der Waals surface area (Å²) in [6.07, 6.45) is 0.607. The van der Waals surface area contributed by atoms with Crippen LogP contribution in [-0.2, 0) is 0 Å². The predicted octanol–water partition coefficient (Wildman–Crippen LogP) is 1.09. The van der Waals surface area contributed by atoms with Crippen LogP contribution in [0.15, 0.2) is 24.3 Å². The molecule has 0 aromatic heterocycles. The minimum absolute atomic E-state index is 0.101. The molecule has 0 saturated carbocycles. The number of rotatable bonds is 5. The SMILES string of the molecule is N#Cc1cccc(C(C#N)NCCCO)c1. The number of hydrogen-bond donors (Lipinski definition) is 2. The Bertz CT molecular complexity index is 417. The van der Waals surface area contributed by atoms with Crippen LogP contribution in [0, 0.1) is 22.7 Å². The van der Waals surface area contributed by atoms with Crippen molar-refractivity contribution in [1.29, 1.82) is 10.5 Å². The fraction of sp³-hybridized carbons (Fsp3) is 0.333. The zero-order valence-electron chi connectivity index (χ0n) is 8.85. The standard InChI is InChI=1S/C12H13N3O/c13-8-10-3-1-4-11(7-10)12(9-14)15-5-2-6-16/h1,3-4,7,12,15-16H,2,5-6H2. The van der Waals surface area contributed by atoms with Crippen LogP contribution in [0.3, 0.4) is 0 Å². The number of aliphatic hydroxyl groups excluding tert-OH is 1. The minimum Gasteiger partial charge on any atom is -0.396 e. The minimum atomic E-state index is -0.431. The highest BCUT2D eigenvalue weighted by atomic mass is 16.3. The lowest BCUT2D eigenvalue weighted by Gasteiger charge is -2.11. The van der Waals surface area contributed by atoms with Crippen molar-refractivity contribution in [2.45, 2.75) is 12.5 Å². The zero-order valence-corrected chi connectivity index (χ0v) is 8.85. The van der Waals surface area contributed by atoms with Gasteiger partial charge in [-0.15, -0.1) is 0 Å². The van der Waals surface area contributed by atoms with Crippen molar-refractivity contribution in [3.05, 3.63) is 35.4 Å². The molecule has 1 atom stereocenters. The van der Waals surface area contributed by atoms with Crippen molar-refractivity contribution in [3.63, 3.8) is 0 Å². The molecule has 82 valence electrons.